The van der Waals surface area contributed by atoms with Crippen LogP contribution >= 0.6 is 27.3 Å². The van der Waals surface area contributed by atoms with E-state index < -0.39 is 0 Å². The van der Waals surface area contributed by atoms with Gasteiger partial charge in [0.2, 0.25) is 5.89 Å². The molecule has 0 aliphatic heterocycles. The summed E-state index contributed by atoms with van der Waals surface area (Å²) in [6, 6.07) is 2.70. The van der Waals surface area contributed by atoms with Crippen LogP contribution in [0.4, 0.5) is 0 Å². The van der Waals surface area contributed by atoms with Crippen molar-refractivity contribution in [2.24, 2.45) is 0 Å². The molecule has 0 atom stereocenters. The predicted molar refractivity (Wildman–Crippen MR) is 67.4 cm³/mol. The topological polar surface area (TPSA) is 38.1 Å². The molecule has 3 rings (SSSR count). The van der Waals surface area contributed by atoms with Crippen LogP contribution in [0.3, 0.4) is 0 Å². The van der Waals surface area contributed by atoms with E-state index in [1.165, 1.54) is 12.8 Å². The molecule has 1 saturated carbocycles. The molecule has 0 saturated heterocycles. The molecule has 0 unspecified atom stereocenters. The van der Waals surface area contributed by atoms with Crippen molar-refractivity contribution in [2.75, 3.05) is 0 Å². The third-order valence-corrected chi connectivity index (χ3v) is 4.37. The second-order valence-electron chi connectivity index (χ2n) is 3.87. The Kier molecular flexibility index (Phi) is 2.83. The molecule has 1 N–H and O–H groups in total. The van der Waals surface area contributed by atoms with Gasteiger partial charge in [-0.3, -0.25) is 0 Å². The molecular weight excluding hydrogens is 288 g/mol. The molecule has 0 bridgehead atoms. The fourth-order valence-electron chi connectivity index (χ4n) is 1.49. The van der Waals surface area contributed by atoms with Crippen LogP contribution in [0, 0.1) is 0 Å². The first-order chi connectivity index (χ1) is 7.83. The monoisotopic (exact) mass is 298 g/mol. The lowest BCUT2D eigenvalue weighted by molar-refractivity contribution is 0.477. The summed E-state index contributed by atoms with van der Waals surface area (Å²) in [6.07, 6.45) is 4.36. The molecule has 1 aliphatic carbocycles. The molecular formula is C11H11BrN2OS. The van der Waals surface area contributed by atoms with Gasteiger partial charge in [0.05, 0.1) is 17.6 Å². The SMILES string of the molecule is Brc1ccsc1-c1cnc(CNC2CC2)o1. The number of oxazole rings is 1. The molecule has 84 valence electrons. The van der Waals surface area contributed by atoms with Gasteiger partial charge in [-0.2, -0.15) is 0 Å². The molecule has 0 amide bonds. The van der Waals surface area contributed by atoms with Gasteiger partial charge in [-0.05, 0) is 40.2 Å². The van der Waals surface area contributed by atoms with Gasteiger partial charge in [-0.15, -0.1) is 11.3 Å². The lowest BCUT2D eigenvalue weighted by Gasteiger charge is -1.96. The first-order valence-corrected chi connectivity index (χ1v) is 6.91. The van der Waals surface area contributed by atoms with Crippen molar-refractivity contribution in [3.8, 4) is 10.6 Å². The lowest BCUT2D eigenvalue weighted by Crippen LogP contribution is -2.15. The van der Waals surface area contributed by atoms with Crippen LogP contribution in [-0.2, 0) is 6.54 Å². The van der Waals surface area contributed by atoms with E-state index in [9.17, 15) is 0 Å². The Morgan fingerprint density at radius 1 is 1.56 bits per heavy atom. The van der Waals surface area contributed by atoms with Crippen LogP contribution in [0.5, 0.6) is 0 Å². The van der Waals surface area contributed by atoms with Crippen LogP contribution in [0.15, 0.2) is 26.5 Å². The second-order valence-corrected chi connectivity index (χ2v) is 5.64. The van der Waals surface area contributed by atoms with Gasteiger partial charge in [0, 0.05) is 10.5 Å². The van der Waals surface area contributed by atoms with Crippen LogP contribution < -0.4 is 5.32 Å². The van der Waals surface area contributed by atoms with Crippen molar-refractivity contribution >= 4 is 27.3 Å². The zero-order valence-electron chi connectivity index (χ0n) is 8.57. The summed E-state index contributed by atoms with van der Waals surface area (Å²) in [5, 5.41) is 5.41. The number of hydrogen-bond donors (Lipinski definition) is 1. The van der Waals surface area contributed by atoms with E-state index in [-0.39, 0.29) is 0 Å². The molecule has 1 fully saturated rings. The predicted octanol–water partition coefficient (Wildman–Crippen LogP) is 3.42. The van der Waals surface area contributed by atoms with Crippen LogP contribution in [-0.4, -0.2) is 11.0 Å². The minimum absolute atomic E-state index is 0.684. The Morgan fingerprint density at radius 2 is 2.44 bits per heavy atom. The van der Waals surface area contributed by atoms with Crippen molar-refractivity contribution in [2.45, 2.75) is 25.4 Å². The summed E-state index contributed by atoms with van der Waals surface area (Å²) in [4.78, 5) is 5.37. The summed E-state index contributed by atoms with van der Waals surface area (Å²) in [5.41, 5.74) is 0. The normalized spacial score (nSPS) is 15.6. The zero-order valence-corrected chi connectivity index (χ0v) is 11.0. The minimum Gasteiger partial charge on any atom is -0.438 e. The molecule has 0 radical (unpaired) electrons. The van der Waals surface area contributed by atoms with E-state index >= 15 is 0 Å². The molecule has 2 aromatic heterocycles. The summed E-state index contributed by atoms with van der Waals surface area (Å²) in [7, 11) is 0. The van der Waals surface area contributed by atoms with E-state index in [1.807, 2.05) is 11.4 Å². The molecule has 0 spiro atoms. The van der Waals surface area contributed by atoms with Crippen molar-refractivity contribution < 1.29 is 4.42 Å². The second kappa shape index (κ2) is 4.31. The third-order valence-electron chi connectivity index (χ3n) is 2.51. The van der Waals surface area contributed by atoms with Crippen molar-refractivity contribution in [3.05, 3.63) is 28.0 Å². The molecule has 2 heterocycles. The highest BCUT2D eigenvalue weighted by molar-refractivity contribution is 9.10. The van der Waals surface area contributed by atoms with E-state index in [1.54, 1.807) is 17.5 Å². The van der Waals surface area contributed by atoms with Crippen LogP contribution in [0.2, 0.25) is 0 Å². The van der Waals surface area contributed by atoms with Gasteiger partial charge in [-0.1, -0.05) is 0 Å². The standard InChI is InChI=1S/C11H11BrN2OS/c12-8-3-4-16-11(8)9-5-14-10(15-9)6-13-7-1-2-7/h3-5,7,13H,1-2,6H2. The highest BCUT2D eigenvalue weighted by atomic mass is 79.9. The maximum Gasteiger partial charge on any atom is 0.208 e. The average molecular weight is 299 g/mol. The van der Waals surface area contributed by atoms with Gasteiger partial charge >= 0.3 is 0 Å². The third kappa shape index (κ3) is 2.21. The first kappa shape index (κ1) is 10.5. The zero-order chi connectivity index (χ0) is 11.0. The lowest BCUT2D eigenvalue weighted by atomic mass is 10.4. The maximum atomic E-state index is 5.69. The van der Waals surface area contributed by atoms with Gasteiger partial charge < -0.3 is 9.73 Å². The van der Waals surface area contributed by atoms with Gasteiger partial charge in [0.15, 0.2) is 5.76 Å². The van der Waals surface area contributed by atoms with E-state index in [0.29, 0.717) is 6.04 Å². The van der Waals surface area contributed by atoms with Crippen molar-refractivity contribution in [1.29, 1.82) is 0 Å². The number of nitrogens with one attached hydrogen (secondary N) is 1. The highest BCUT2D eigenvalue weighted by Crippen LogP contribution is 2.33. The van der Waals surface area contributed by atoms with Gasteiger partial charge in [0.25, 0.3) is 0 Å². The molecule has 3 nitrogen and oxygen atoms in total. The van der Waals surface area contributed by atoms with E-state index in [4.69, 9.17) is 4.42 Å². The molecule has 1 aliphatic rings. The Morgan fingerprint density at radius 3 is 3.12 bits per heavy atom. The van der Waals surface area contributed by atoms with Gasteiger partial charge in [-0.25, -0.2) is 4.98 Å². The summed E-state index contributed by atoms with van der Waals surface area (Å²) >= 11 is 5.14. The van der Waals surface area contributed by atoms with E-state index in [0.717, 1.165) is 27.5 Å². The maximum absolute atomic E-state index is 5.69. The number of nitrogens with zero attached hydrogens (tertiary/aromatic N) is 1. The molecule has 2 aromatic rings. The Bertz CT molecular complexity index is 490. The fraction of sp³-hybridized carbons (Fsp3) is 0.364. The van der Waals surface area contributed by atoms with Crippen molar-refractivity contribution in [1.82, 2.24) is 10.3 Å². The summed E-state index contributed by atoms with van der Waals surface area (Å²) < 4.78 is 6.76. The smallest absolute Gasteiger partial charge is 0.208 e. The summed E-state index contributed by atoms with van der Waals surface area (Å²) in [5.74, 6) is 1.61. The number of aromatic nitrogens is 1. The Hall–Kier alpha value is -0.650. The van der Waals surface area contributed by atoms with Crippen LogP contribution in [0.25, 0.3) is 10.6 Å². The summed E-state index contributed by atoms with van der Waals surface area (Å²) in [6.45, 7) is 0.730. The first-order valence-electron chi connectivity index (χ1n) is 5.24. The number of thiophene rings is 1. The number of hydrogen-bond acceptors (Lipinski definition) is 4. The highest BCUT2D eigenvalue weighted by Gasteiger charge is 2.21. The van der Waals surface area contributed by atoms with Crippen molar-refractivity contribution in [3.63, 3.8) is 0 Å². The molecule has 16 heavy (non-hydrogen) atoms. The quantitative estimate of drug-likeness (QED) is 0.940. The minimum atomic E-state index is 0.684. The molecule has 5 heteroatoms. The molecule has 0 aromatic carbocycles. The number of halogens is 1. The average Bonchev–Trinajstić information content (AvgIpc) is 2.82. The fourth-order valence-corrected chi connectivity index (χ4v) is 3.00. The number of rotatable bonds is 4. The Balaban J connectivity index is 1.74. The largest absolute Gasteiger partial charge is 0.438 e. The Labute approximate surface area is 106 Å². The van der Waals surface area contributed by atoms with Crippen LogP contribution in [0.1, 0.15) is 18.7 Å². The van der Waals surface area contributed by atoms with E-state index in [2.05, 4.69) is 26.2 Å². The van der Waals surface area contributed by atoms with Gasteiger partial charge in [0.1, 0.15) is 0 Å².